The third kappa shape index (κ3) is 3.78. The van der Waals surface area contributed by atoms with Crippen LogP contribution in [0.25, 0.3) is 0 Å². The van der Waals surface area contributed by atoms with Crippen LogP contribution in [0.15, 0.2) is 18.2 Å². The Bertz CT molecular complexity index is 508. The minimum Gasteiger partial charge on any atom is -0.334 e. The summed E-state index contributed by atoms with van der Waals surface area (Å²) < 4.78 is 0. The number of carbonyl (C=O) groups is 1. The lowest BCUT2D eigenvalue weighted by Crippen LogP contribution is -2.41. The van der Waals surface area contributed by atoms with Gasteiger partial charge in [-0.25, -0.2) is 4.79 Å². The molecular formula is C18H26N2O. The molecule has 1 N–H and O–H groups in total. The Morgan fingerprint density at radius 1 is 1.29 bits per heavy atom. The zero-order valence-corrected chi connectivity index (χ0v) is 13.0. The Labute approximate surface area is 127 Å². The summed E-state index contributed by atoms with van der Waals surface area (Å²) in [5, 5.41) is 3.10. The fraction of sp³-hybridized carbons (Fsp3) is 0.611. The number of aryl methyl sites for hydroxylation is 2. The van der Waals surface area contributed by atoms with Gasteiger partial charge in [0.05, 0.1) is 0 Å². The van der Waals surface area contributed by atoms with E-state index in [0.717, 1.165) is 25.4 Å². The molecule has 0 bridgehead atoms. The maximum Gasteiger partial charge on any atom is 0.317 e. The number of nitrogens with one attached hydrogen (secondary N) is 1. The van der Waals surface area contributed by atoms with Gasteiger partial charge in [0, 0.05) is 19.6 Å². The molecule has 0 heterocycles. The molecule has 3 heteroatoms. The molecule has 3 nitrogen and oxygen atoms in total. The van der Waals surface area contributed by atoms with Gasteiger partial charge in [-0.15, -0.1) is 0 Å². The van der Waals surface area contributed by atoms with Crippen molar-refractivity contribution in [1.29, 1.82) is 0 Å². The van der Waals surface area contributed by atoms with Gasteiger partial charge >= 0.3 is 6.03 Å². The zero-order chi connectivity index (χ0) is 14.7. The Hall–Kier alpha value is -1.51. The summed E-state index contributed by atoms with van der Waals surface area (Å²) in [6.07, 6.45) is 7.29. The summed E-state index contributed by atoms with van der Waals surface area (Å²) in [6, 6.07) is 6.77. The van der Waals surface area contributed by atoms with Crippen molar-refractivity contribution < 1.29 is 4.79 Å². The average molecular weight is 286 g/mol. The molecule has 0 saturated heterocycles. The SMILES string of the molecule is CCCN(CC1CC1)C(=O)NCc1ccc2c(c1)CCC2. The fourth-order valence-electron chi connectivity index (χ4n) is 3.18. The van der Waals surface area contributed by atoms with Crippen molar-refractivity contribution in [3.8, 4) is 0 Å². The van der Waals surface area contributed by atoms with Crippen LogP contribution < -0.4 is 5.32 Å². The number of amides is 2. The van der Waals surface area contributed by atoms with E-state index in [2.05, 4.69) is 30.4 Å². The van der Waals surface area contributed by atoms with E-state index in [4.69, 9.17) is 0 Å². The quantitative estimate of drug-likeness (QED) is 0.853. The minimum atomic E-state index is 0.101. The van der Waals surface area contributed by atoms with Crippen molar-refractivity contribution in [1.82, 2.24) is 10.2 Å². The maximum absolute atomic E-state index is 12.3. The van der Waals surface area contributed by atoms with Crippen molar-refractivity contribution in [2.24, 2.45) is 5.92 Å². The van der Waals surface area contributed by atoms with E-state index in [-0.39, 0.29) is 6.03 Å². The summed E-state index contributed by atoms with van der Waals surface area (Å²) in [6.45, 7) is 4.58. The molecule has 0 radical (unpaired) electrons. The second-order valence-corrected chi connectivity index (χ2v) is 6.50. The van der Waals surface area contributed by atoms with Gasteiger partial charge in [-0.2, -0.15) is 0 Å². The van der Waals surface area contributed by atoms with Gasteiger partial charge in [0.1, 0.15) is 0 Å². The van der Waals surface area contributed by atoms with Gasteiger partial charge in [0.15, 0.2) is 0 Å². The number of hydrogen-bond acceptors (Lipinski definition) is 1. The highest BCUT2D eigenvalue weighted by Gasteiger charge is 2.26. The van der Waals surface area contributed by atoms with Crippen LogP contribution in [0.1, 0.15) is 49.3 Å². The van der Waals surface area contributed by atoms with Gasteiger partial charge in [-0.05, 0) is 61.1 Å². The highest BCUT2D eigenvalue weighted by atomic mass is 16.2. The number of urea groups is 1. The van der Waals surface area contributed by atoms with Crippen LogP contribution in [0.5, 0.6) is 0 Å². The predicted molar refractivity (Wildman–Crippen MR) is 85.3 cm³/mol. The van der Waals surface area contributed by atoms with E-state index >= 15 is 0 Å². The van der Waals surface area contributed by atoms with Crippen LogP contribution in [0.4, 0.5) is 4.79 Å². The topological polar surface area (TPSA) is 32.3 Å². The van der Waals surface area contributed by atoms with Crippen LogP contribution in [0.3, 0.4) is 0 Å². The third-order valence-electron chi connectivity index (χ3n) is 4.56. The molecule has 2 amide bonds. The van der Waals surface area contributed by atoms with Crippen molar-refractivity contribution in [2.45, 2.75) is 52.0 Å². The minimum absolute atomic E-state index is 0.101. The highest BCUT2D eigenvalue weighted by molar-refractivity contribution is 5.74. The van der Waals surface area contributed by atoms with Gasteiger partial charge < -0.3 is 10.2 Å². The molecule has 2 aliphatic carbocycles. The molecule has 0 aliphatic heterocycles. The zero-order valence-electron chi connectivity index (χ0n) is 13.0. The predicted octanol–water partition coefficient (Wildman–Crippen LogP) is 3.51. The number of hydrogen-bond donors (Lipinski definition) is 1. The Balaban J connectivity index is 1.54. The molecule has 0 unspecified atom stereocenters. The van der Waals surface area contributed by atoms with Crippen LogP contribution in [0, 0.1) is 5.92 Å². The van der Waals surface area contributed by atoms with E-state index in [0.29, 0.717) is 6.54 Å². The van der Waals surface area contributed by atoms with Crippen LogP contribution in [0.2, 0.25) is 0 Å². The molecule has 21 heavy (non-hydrogen) atoms. The number of nitrogens with zero attached hydrogens (tertiary/aromatic N) is 1. The largest absolute Gasteiger partial charge is 0.334 e. The van der Waals surface area contributed by atoms with Gasteiger partial charge in [-0.1, -0.05) is 25.1 Å². The monoisotopic (exact) mass is 286 g/mol. The lowest BCUT2D eigenvalue weighted by atomic mass is 10.1. The lowest BCUT2D eigenvalue weighted by Gasteiger charge is -2.22. The highest BCUT2D eigenvalue weighted by Crippen LogP contribution is 2.29. The second kappa shape index (κ2) is 6.50. The molecule has 3 rings (SSSR count). The Morgan fingerprint density at radius 2 is 2.10 bits per heavy atom. The van der Waals surface area contributed by atoms with Gasteiger partial charge in [-0.3, -0.25) is 0 Å². The van der Waals surface area contributed by atoms with Crippen molar-refractivity contribution in [2.75, 3.05) is 13.1 Å². The second-order valence-electron chi connectivity index (χ2n) is 6.50. The summed E-state index contributed by atoms with van der Waals surface area (Å²) in [5.74, 6) is 0.752. The van der Waals surface area contributed by atoms with E-state index < -0.39 is 0 Å². The number of rotatable bonds is 6. The Kier molecular flexibility index (Phi) is 4.47. The molecule has 0 spiro atoms. The smallest absolute Gasteiger partial charge is 0.317 e. The molecule has 1 fully saturated rings. The third-order valence-corrected chi connectivity index (χ3v) is 4.56. The molecule has 2 aliphatic rings. The molecule has 1 saturated carbocycles. The first-order valence-corrected chi connectivity index (χ1v) is 8.39. The molecule has 0 atom stereocenters. The Morgan fingerprint density at radius 3 is 2.86 bits per heavy atom. The molecular weight excluding hydrogens is 260 g/mol. The van der Waals surface area contributed by atoms with E-state index in [1.165, 1.54) is 48.8 Å². The first kappa shape index (κ1) is 14.4. The maximum atomic E-state index is 12.3. The molecule has 114 valence electrons. The van der Waals surface area contributed by atoms with Crippen molar-refractivity contribution in [3.63, 3.8) is 0 Å². The van der Waals surface area contributed by atoms with Crippen molar-refractivity contribution in [3.05, 3.63) is 34.9 Å². The normalized spacial score (nSPS) is 16.6. The molecule has 1 aromatic carbocycles. The van der Waals surface area contributed by atoms with Gasteiger partial charge in [0.2, 0.25) is 0 Å². The standard InChI is InChI=1S/C18H26N2O/c1-2-10-20(13-14-6-7-14)18(21)19-12-15-8-9-16-4-3-5-17(16)11-15/h8-9,11,14H,2-7,10,12-13H2,1H3,(H,19,21). The summed E-state index contributed by atoms with van der Waals surface area (Å²) in [4.78, 5) is 14.3. The first-order valence-electron chi connectivity index (χ1n) is 8.39. The fourth-order valence-corrected chi connectivity index (χ4v) is 3.18. The van der Waals surface area contributed by atoms with E-state index in [1.807, 2.05) is 4.90 Å². The van der Waals surface area contributed by atoms with E-state index in [9.17, 15) is 4.79 Å². The van der Waals surface area contributed by atoms with Crippen molar-refractivity contribution >= 4 is 6.03 Å². The number of benzene rings is 1. The van der Waals surface area contributed by atoms with Gasteiger partial charge in [0.25, 0.3) is 0 Å². The number of carbonyl (C=O) groups excluding carboxylic acids is 1. The summed E-state index contributed by atoms with van der Waals surface area (Å²) >= 11 is 0. The van der Waals surface area contributed by atoms with E-state index in [1.54, 1.807) is 0 Å². The first-order chi connectivity index (χ1) is 10.3. The number of fused-ring (bicyclic) bond motifs is 1. The van der Waals surface area contributed by atoms with Crippen LogP contribution in [-0.4, -0.2) is 24.0 Å². The average Bonchev–Trinajstić information content (AvgIpc) is 3.18. The van der Waals surface area contributed by atoms with Crippen LogP contribution in [-0.2, 0) is 19.4 Å². The summed E-state index contributed by atoms with van der Waals surface area (Å²) in [5.41, 5.74) is 4.20. The molecule has 0 aromatic heterocycles. The lowest BCUT2D eigenvalue weighted by molar-refractivity contribution is 0.195. The molecule has 1 aromatic rings. The van der Waals surface area contributed by atoms with Crippen LogP contribution >= 0.6 is 0 Å². The summed E-state index contributed by atoms with van der Waals surface area (Å²) in [7, 11) is 0.